The molecule has 2 fully saturated rings. The van der Waals surface area contributed by atoms with Crippen molar-refractivity contribution in [1.29, 1.82) is 0 Å². The fraction of sp³-hybridized carbons (Fsp3) is 0.846. The molecule has 2 aliphatic rings. The van der Waals surface area contributed by atoms with Crippen LogP contribution < -0.4 is 4.90 Å². The lowest BCUT2D eigenvalue weighted by Crippen LogP contribution is -2.39. The molecule has 2 aliphatic heterocycles. The van der Waals surface area contributed by atoms with Crippen molar-refractivity contribution in [1.82, 2.24) is 10.2 Å². The molecule has 3 heterocycles. The number of ether oxygens (including phenoxy) is 2. The maximum absolute atomic E-state index is 12.6. The van der Waals surface area contributed by atoms with Gasteiger partial charge in [0.1, 0.15) is 0 Å². The van der Waals surface area contributed by atoms with Crippen molar-refractivity contribution < 1.29 is 22.6 Å². The monoisotopic (exact) mass is 337 g/mol. The maximum Gasteiger partial charge on any atom is 0.445 e. The summed E-state index contributed by atoms with van der Waals surface area (Å²) >= 11 is 0.605. The number of hydrogen-bond donors (Lipinski definition) is 0. The Morgan fingerprint density at radius 2 is 1.68 bits per heavy atom. The molecule has 22 heavy (non-hydrogen) atoms. The molecular weight excluding hydrogens is 319 g/mol. The van der Waals surface area contributed by atoms with Gasteiger partial charge in [-0.25, -0.2) is 0 Å². The van der Waals surface area contributed by atoms with Crippen LogP contribution >= 0.6 is 11.3 Å². The Hall–Kier alpha value is -0.930. The Kier molecular flexibility index (Phi) is 4.84. The topological polar surface area (TPSA) is 47.5 Å². The van der Waals surface area contributed by atoms with Crippen molar-refractivity contribution in [2.75, 3.05) is 31.2 Å². The van der Waals surface area contributed by atoms with Crippen LogP contribution in [0.4, 0.5) is 18.3 Å². The van der Waals surface area contributed by atoms with Crippen molar-refractivity contribution in [2.45, 2.75) is 44.1 Å². The number of halogens is 3. The van der Waals surface area contributed by atoms with E-state index in [1.807, 2.05) is 4.90 Å². The summed E-state index contributed by atoms with van der Waals surface area (Å²) in [6, 6.07) is 0. The van der Waals surface area contributed by atoms with Gasteiger partial charge in [-0.1, -0.05) is 11.3 Å². The molecule has 0 bridgehead atoms. The van der Waals surface area contributed by atoms with Crippen LogP contribution in [0.2, 0.25) is 0 Å². The second kappa shape index (κ2) is 6.67. The lowest BCUT2D eigenvalue weighted by molar-refractivity contribution is -0.138. The quantitative estimate of drug-likeness (QED) is 0.849. The van der Waals surface area contributed by atoms with E-state index >= 15 is 0 Å². The molecule has 0 unspecified atom stereocenters. The standard InChI is InChI=1S/C13H18F3N3O2S/c14-13(15,16)11-17-18-12(22-11)19-5-1-9(2-6-19)21-10-3-7-20-8-4-10/h9-10H,1-8H2. The lowest BCUT2D eigenvalue weighted by Gasteiger charge is -2.34. The first kappa shape index (κ1) is 15.9. The first-order valence-corrected chi connectivity index (χ1v) is 8.23. The van der Waals surface area contributed by atoms with Crippen molar-refractivity contribution in [3.8, 4) is 0 Å². The molecule has 0 N–H and O–H groups in total. The van der Waals surface area contributed by atoms with Gasteiger partial charge in [-0.05, 0) is 25.7 Å². The number of piperidine rings is 1. The van der Waals surface area contributed by atoms with Crippen molar-refractivity contribution in [3.05, 3.63) is 5.01 Å². The van der Waals surface area contributed by atoms with Gasteiger partial charge in [-0.2, -0.15) is 13.2 Å². The van der Waals surface area contributed by atoms with Crippen LogP contribution in [0.5, 0.6) is 0 Å². The Morgan fingerprint density at radius 3 is 2.27 bits per heavy atom. The second-order valence-corrected chi connectivity index (χ2v) is 6.48. The molecule has 9 heteroatoms. The Balaban J connectivity index is 1.50. The van der Waals surface area contributed by atoms with Gasteiger partial charge in [-0.3, -0.25) is 0 Å². The van der Waals surface area contributed by atoms with Crippen LogP contribution in [0, 0.1) is 0 Å². The third kappa shape index (κ3) is 3.88. The van der Waals surface area contributed by atoms with Crippen LogP contribution in [0.25, 0.3) is 0 Å². The molecule has 0 radical (unpaired) electrons. The van der Waals surface area contributed by atoms with E-state index in [2.05, 4.69) is 10.2 Å². The number of nitrogens with zero attached hydrogens (tertiary/aromatic N) is 3. The molecule has 0 atom stereocenters. The van der Waals surface area contributed by atoms with Gasteiger partial charge in [0.05, 0.1) is 12.2 Å². The largest absolute Gasteiger partial charge is 0.445 e. The van der Waals surface area contributed by atoms with E-state index in [1.165, 1.54) is 0 Å². The highest BCUT2D eigenvalue weighted by Crippen LogP contribution is 2.35. The summed E-state index contributed by atoms with van der Waals surface area (Å²) in [4.78, 5) is 1.86. The average Bonchev–Trinajstić information content (AvgIpc) is 2.99. The van der Waals surface area contributed by atoms with E-state index in [0.717, 1.165) is 38.9 Å². The van der Waals surface area contributed by atoms with Gasteiger partial charge < -0.3 is 14.4 Å². The molecule has 124 valence electrons. The minimum absolute atomic E-state index is 0.175. The van der Waals surface area contributed by atoms with E-state index in [0.29, 0.717) is 29.6 Å². The molecule has 0 spiro atoms. The van der Waals surface area contributed by atoms with Gasteiger partial charge in [0.25, 0.3) is 0 Å². The number of aromatic nitrogens is 2. The molecule has 0 amide bonds. The smallest absolute Gasteiger partial charge is 0.381 e. The second-order valence-electron chi connectivity index (χ2n) is 5.52. The predicted octanol–water partition coefficient (Wildman–Crippen LogP) is 2.72. The zero-order chi connectivity index (χ0) is 15.6. The normalized spacial score (nSPS) is 22.2. The molecule has 0 aromatic carbocycles. The molecule has 0 aliphatic carbocycles. The maximum atomic E-state index is 12.6. The highest BCUT2D eigenvalue weighted by atomic mass is 32.1. The molecular formula is C13H18F3N3O2S. The summed E-state index contributed by atoms with van der Waals surface area (Å²) in [6.45, 7) is 2.80. The van der Waals surface area contributed by atoms with Crippen LogP contribution in [-0.4, -0.2) is 48.7 Å². The van der Waals surface area contributed by atoms with Crippen molar-refractivity contribution >= 4 is 16.5 Å². The Labute approximate surface area is 130 Å². The fourth-order valence-electron chi connectivity index (χ4n) is 2.73. The zero-order valence-electron chi connectivity index (χ0n) is 12.0. The van der Waals surface area contributed by atoms with Crippen molar-refractivity contribution in [2.24, 2.45) is 0 Å². The number of anilines is 1. The zero-order valence-corrected chi connectivity index (χ0v) is 12.8. The van der Waals surface area contributed by atoms with Crippen LogP contribution in [0.1, 0.15) is 30.7 Å². The van der Waals surface area contributed by atoms with E-state index < -0.39 is 11.2 Å². The molecule has 5 nitrogen and oxygen atoms in total. The third-order valence-electron chi connectivity index (χ3n) is 3.92. The molecule has 2 saturated heterocycles. The average molecular weight is 337 g/mol. The molecule has 1 aromatic heterocycles. The van der Waals surface area contributed by atoms with Crippen molar-refractivity contribution in [3.63, 3.8) is 0 Å². The Bertz CT molecular complexity index is 483. The highest BCUT2D eigenvalue weighted by molar-refractivity contribution is 7.15. The van der Waals surface area contributed by atoms with Gasteiger partial charge in [0, 0.05) is 26.3 Å². The summed E-state index contributed by atoms with van der Waals surface area (Å²) in [5.74, 6) is 0. The minimum atomic E-state index is -4.42. The molecule has 3 rings (SSSR count). The third-order valence-corrected chi connectivity index (χ3v) is 4.95. The fourth-order valence-corrected chi connectivity index (χ4v) is 3.49. The summed E-state index contributed by atoms with van der Waals surface area (Å²) in [5.41, 5.74) is 0. The van der Waals surface area contributed by atoms with E-state index in [4.69, 9.17) is 9.47 Å². The first-order chi connectivity index (χ1) is 10.5. The van der Waals surface area contributed by atoms with Gasteiger partial charge in [0.15, 0.2) is 0 Å². The Morgan fingerprint density at radius 1 is 1.05 bits per heavy atom. The van der Waals surface area contributed by atoms with Gasteiger partial charge in [0.2, 0.25) is 10.1 Å². The summed E-state index contributed by atoms with van der Waals surface area (Å²) < 4.78 is 49.0. The summed E-state index contributed by atoms with van der Waals surface area (Å²) in [6.07, 6.45) is -0.535. The minimum Gasteiger partial charge on any atom is -0.381 e. The number of hydrogen-bond acceptors (Lipinski definition) is 6. The summed E-state index contributed by atoms with van der Waals surface area (Å²) in [5, 5.41) is 6.35. The van der Waals surface area contributed by atoms with E-state index in [9.17, 15) is 13.2 Å². The predicted molar refractivity (Wildman–Crippen MR) is 75.1 cm³/mol. The molecule has 0 saturated carbocycles. The SMILES string of the molecule is FC(F)(F)c1nnc(N2CCC(OC3CCOCC3)CC2)s1. The number of rotatable bonds is 3. The highest BCUT2D eigenvalue weighted by Gasteiger charge is 2.36. The van der Waals surface area contributed by atoms with Crippen LogP contribution in [0.3, 0.4) is 0 Å². The van der Waals surface area contributed by atoms with E-state index in [1.54, 1.807) is 0 Å². The van der Waals surface area contributed by atoms with E-state index in [-0.39, 0.29) is 12.2 Å². The number of alkyl halides is 3. The lowest BCUT2D eigenvalue weighted by atomic mass is 10.1. The van der Waals surface area contributed by atoms with Gasteiger partial charge in [-0.15, -0.1) is 10.2 Å². The first-order valence-electron chi connectivity index (χ1n) is 7.41. The van der Waals surface area contributed by atoms with Crippen LogP contribution in [0.15, 0.2) is 0 Å². The van der Waals surface area contributed by atoms with Gasteiger partial charge >= 0.3 is 6.18 Å². The molecule has 1 aromatic rings. The van der Waals surface area contributed by atoms with Crippen LogP contribution in [-0.2, 0) is 15.7 Å². The summed E-state index contributed by atoms with van der Waals surface area (Å²) in [7, 11) is 0.